The molecular weight excluding hydrogens is 198 g/mol. The average Bonchev–Trinajstić information content (AvgIpc) is 2.59. The van der Waals surface area contributed by atoms with Crippen LogP contribution in [0.4, 0.5) is 4.79 Å². The van der Waals surface area contributed by atoms with Crippen molar-refractivity contribution in [2.75, 3.05) is 13.2 Å². The standard InChI is InChI=1S/C9H15N3O3/c1-2-6-15-9(7(10)13)4-3-5-12(9)8(11)14/h2H,1,3-6H2,(H2,10,13)(H2,11,14). The first-order chi connectivity index (χ1) is 7.04. The Morgan fingerprint density at radius 2 is 2.20 bits per heavy atom. The second-order valence-electron chi connectivity index (χ2n) is 3.34. The highest BCUT2D eigenvalue weighted by atomic mass is 16.5. The average molecular weight is 213 g/mol. The van der Waals surface area contributed by atoms with Crippen LogP contribution < -0.4 is 11.5 Å². The molecule has 0 saturated carbocycles. The van der Waals surface area contributed by atoms with Gasteiger partial charge in [0, 0.05) is 13.0 Å². The maximum absolute atomic E-state index is 11.4. The van der Waals surface area contributed by atoms with Crippen molar-refractivity contribution in [1.82, 2.24) is 4.90 Å². The van der Waals surface area contributed by atoms with Crippen molar-refractivity contribution >= 4 is 11.9 Å². The fourth-order valence-electron chi connectivity index (χ4n) is 1.75. The third-order valence-corrected chi connectivity index (χ3v) is 2.42. The number of carbonyl (C=O) groups is 2. The van der Waals surface area contributed by atoms with E-state index in [2.05, 4.69) is 6.58 Å². The number of nitrogens with two attached hydrogens (primary N) is 2. The van der Waals surface area contributed by atoms with Gasteiger partial charge in [0.05, 0.1) is 6.61 Å². The number of primary amides is 2. The summed E-state index contributed by atoms with van der Waals surface area (Å²) in [6.45, 7) is 4.00. The summed E-state index contributed by atoms with van der Waals surface area (Å²) in [6, 6.07) is -0.699. The van der Waals surface area contributed by atoms with Crippen molar-refractivity contribution in [3.8, 4) is 0 Å². The lowest BCUT2D eigenvalue weighted by Crippen LogP contribution is -2.59. The van der Waals surface area contributed by atoms with Crippen LogP contribution in [0.2, 0.25) is 0 Å². The molecule has 1 fully saturated rings. The minimum absolute atomic E-state index is 0.146. The van der Waals surface area contributed by atoms with Gasteiger partial charge in [-0.05, 0) is 6.42 Å². The van der Waals surface area contributed by atoms with Gasteiger partial charge in [-0.2, -0.15) is 0 Å². The van der Waals surface area contributed by atoms with Crippen LogP contribution >= 0.6 is 0 Å². The molecule has 0 bridgehead atoms. The molecule has 1 unspecified atom stereocenters. The van der Waals surface area contributed by atoms with Crippen LogP contribution in [-0.2, 0) is 9.53 Å². The second kappa shape index (κ2) is 4.31. The predicted octanol–water partition coefficient (Wildman–Crippen LogP) is -0.455. The molecule has 0 aromatic carbocycles. The zero-order valence-corrected chi connectivity index (χ0v) is 8.44. The molecule has 1 saturated heterocycles. The van der Waals surface area contributed by atoms with Gasteiger partial charge in [-0.3, -0.25) is 9.69 Å². The quantitative estimate of drug-likeness (QED) is 0.618. The maximum atomic E-state index is 11.4. The Bertz CT molecular complexity index is 292. The molecule has 1 rings (SSSR count). The number of urea groups is 1. The van der Waals surface area contributed by atoms with Crippen molar-refractivity contribution in [3.05, 3.63) is 12.7 Å². The molecule has 0 aliphatic carbocycles. The lowest BCUT2D eigenvalue weighted by molar-refractivity contribution is -0.158. The first-order valence-corrected chi connectivity index (χ1v) is 4.66. The molecule has 0 aromatic heterocycles. The van der Waals surface area contributed by atoms with E-state index in [0.29, 0.717) is 19.4 Å². The van der Waals surface area contributed by atoms with Crippen molar-refractivity contribution in [2.45, 2.75) is 18.6 Å². The normalized spacial score (nSPS) is 25.2. The topological polar surface area (TPSA) is 98.7 Å². The van der Waals surface area contributed by atoms with E-state index in [1.165, 1.54) is 11.0 Å². The predicted molar refractivity (Wildman–Crippen MR) is 53.6 cm³/mol. The van der Waals surface area contributed by atoms with E-state index in [1.54, 1.807) is 0 Å². The molecule has 1 aliphatic heterocycles. The second-order valence-corrected chi connectivity index (χ2v) is 3.34. The number of hydrogen-bond acceptors (Lipinski definition) is 3. The van der Waals surface area contributed by atoms with Crippen LogP contribution in [0.3, 0.4) is 0 Å². The van der Waals surface area contributed by atoms with E-state index in [1.807, 2.05) is 0 Å². The van der Waals surface area contributed by atoms with Gasteiger partial charge < -0.3 is 16.2 Å². The van der Waals surface area contributed by atoms with Gasteiger partial charge in [0.25, 0.3) is 5.91 Å². The molecule has 0 aromatic rings. The van der Waals surface area contributed by atoms with Crippen LogP contribution in [0.25, 0.3) is 0 Å². The Labute approximate surface area is 87.8 Å². The molecule has 1 aliphatic rings. The minimum Gasteiger partial charge on any atom is -0.365 e. The summed E-state index contributed by atoms with van der Waals surface area (Å²) in [7, 11) is 0. The minimum atomic E-state index is -1.39. The lowest BCUT2D eigenvalue weighted by Gasteiger charge is -2.33. The number of nitrogens with zero attached hydrogens (tertiary/aromatic N) is 1. The van der Waals surface area contributed by atoms with E-state index in [-0.39, 0.29) is 6.61 Å². The van der Waals surface area contributed by atoms with E-state index in [9.17, 15) is 9.59 Å². The Balaban J connectivity index is 2.92. The largest absolute Gasteiger partial charge is 0.365 e. The summed E-state index contributed by atoms with van der Waals surface area (Å²) in [4.78, 5) is 23.6. The highest BCUT2D eigenvalue weighted by molar-refractivity contribution is 5.88. The van der Waals surface area contributed by atoms with E-state index in [0.717, 1.165) is 0 Å². The Hall–Kier alpha value is -1.56. The van der Waals surface area contributed by atoms with Crippen LogP contribution in [0.5, 0.6) is 0 Å². The van der Waals surface area contributed by atoms with E-state index < -0.39 is 17.7 Å². The van der Waals surface area contributed by atoms with E-state index in [4.69, 9.17) is 16.2 Å². The van der Waals surface area contributed by atoms with Gasteiger partial charge in [-0.15, -0.1) is 6.58 Å². The van der Waals surface area contributed by atoms with Gasteiger partial charge in [-0.25, -0.2) is 4.79 Å². The molecule has 4 N–H and O–H groups in total. The monoisotopic (exact) mass is 213 g/mol. The van der Waals surface area contributed by atoms with Gasteiger partial charge in [0.15, 0.2) is 0 Å². The molecule has 0 radical (unpaired) electrons. The van der Waals surface area contributed by atoms with Crippen LogP contribution in [-0.4, -0.2) is 35.7 Å². The number of hydrogen-bond donors (Lipinski definition) is 2. The molecule has 3 amide bonds. The first kappa shape index (κ1) is 11.5. The molecule has 6 heteroatoms. The summed E-state index contributed by atoms with van der Waals surface area (Å²) >= 11 is 0. The summed E-state index contributed by atoms with van der Waals surface area (Å²) in [6.07, 6.45) is 2.50. The number of carbonyl (C=O) groups excluding carboxylic acids is 2. The van der Waals surface area contributed by atoms with Crippen molar-refractivity contribution < 1.29 is 14.3 Å². The van der Waals surface area contributed by atoms with Crippen LogP contribution in [0.1, 0.15) is 12.8 Å². The van der Waals surface area contributed by atoms with E-state index >= 15 is 0 Å². The summed E-state index contributed by atoms with van der Waals surface area (Å²) < 4.78 is 5.31. The molecule has 84 valence electrons. The Morgan fingerprint density at radius 1 is 1.53 bits per heavy atom. The van der Waals surface area contributed by atoms with Gasteiger partial charge in [0.2, 0.25) is 5.72 Å². The third-order valence-electron chi connectivity index (χ3n) is 2.42. The Morgan fingerprint density at radius 3 is 2.67 bits per heavy atom. The zero-order chi connectivity index (χ0) is 11.5. The zero-order valence-electron chi connectivity index (χ0n) is 8.44. The first-order valence-electron chi connectivity index (χ1n) is 4.66. The third kappa shape index (κ3) is 1.94. The molecular formula is C9H15N3O3. The molecule has 6 nitrogen and oxygen atoms in total. The molecule has 1 heterocycles. The summed E-state index contributed by atoms with van der Waals surface area (Å²) in [5.41, 5.74) is 9.02. The van der Waals surface area contributed by atoms with Crippen molar-refractivity contribution in [2.24, 2.45) is 11.5 Å². The number of amides is 3. The SMILES string of the molecule is C=CCOC1(C(N)=O)CCCN1C(N)=O. The van der Waals surface area contributed by atoms with Gasteiger partial charge >= 0.3 is 6.03 Å². The van der Waals surface area contributed by atoms with Crippen LogP contribution in [0, 0.1) is 0 Å². The molecule has 15 heavy (non-hydrogen) atoms. The smallest absolute Gasteiger partial charge is 0.317 e. The number of ether oxygens (including phenoxy) is 1. The van der Waals surface area contributed by atoms with Gasteiger partial charge in [0.1, 0.15) is 0 Å². The van der Waals surface area contributed by atoms with Crippen LogP contribution in [0.15, 0.2) is 12.7 Å². The van der Waals surface area contributed by atoms with Crippen molar-refractivity contribution in [3.63, 3.8) is 0 Å². The fourth-order valence-corrected chi connectivity index (χ4v) is 1.75. The molecule has 0 spiro atoms. The summed E-state index contributed by atoms with van der Waals surface area (Å²) in [5, 5.41) is 0. The van der Waals surface area contributed by atoms with Crippen molar-refractivity contribution in [1.29, 1.82) is 0 Å². The number of rotatable bonds is 4. The number of likely N-dealkylation sites (tertiary alicyclic amines) is 1. The fraction of sp³-hybridized carbons (Fsp3) is 0.556. The summed E-state index contributed by atoms with van der Waals surface area (Å²) in [5.74, 6) is -0.694. The molecule has 1 atom stereocenters. The van der Waals surface area contributed by atoms with Gasteiger partial charge in [-0.1, -0.05) is 6.08 Å². The highest BCUT2D eigenvalue weighted by Gasteiger charge is 2.49. The lowest BCUT2D eigenvalue weighted by atomic mass is 10.1. The Kier molecular flexibility index (Phi) is 3.31. The highest BCUT2D eigenvalue weighted by Crippen LogP contribution is 2.30. The maximum Gasteiger partial charge on any atom is 0.317 e.